The van der Waals surface area contributed by atoms with Gasteiger partial charge in [-0.1, -0.05) is 19.3 Å². The van der Waals surface area contributed by atoms with Crippen LogP contribution in [-0.2, 0) is 4.74 Å². The number of fused-ring (bicyclic) bond motifs is 1. The SMILES string of the molecule is O[C@@]12CCCC[C@@H]1CCC[C@H]2N1CCOCC1. The minimum Gasteiger partial charge on any atom is -0.388 e. The molecule has 0 aromatic heterocycles. The van der Waals surface area contributed by atoms with Crippen LogP contribution < -0.4 is 0 Å². The van der Waals surface area contributed by atoms with E-state index in [1.807, 2.05) is 0 Å². The van der Waals surface area contributed by atoms with Crippen LogP contribution in [0.4, 0.5) is 0 Å². The van der Waals surface area contributed by atoms with E-state index in [-0.39, 0.29) is 5.60 Å². The quantitative estimate of drug-likeness (QED) is 0.757. The van der Waals surface area contributed by atoms with Crippen LogP contribution in [0, 0.1) is 5.92 Å². The van der Waals surface area contributed by atoms with Crippen molar-refractivity contribution in [2.75, 3.05) is 26.3 Å². The van der Waals surface area contributed by atoms with Gasteiger partial charge in [0.15, 0.2) is 0 Å². The van der Waals surface area contributed by atoms with E-state index >= 15 is 0 Å². The molecule has 0 aromatic carbocycles. The molecule has 0 aromatic rings. The van der Waals surface area contributed by atoms with Crippen molar-refractivity contribution >= 4 is 0 Å². The van der Waals surface area contributed by atoms with Crippen molar-refractivity contribution in [3.8, 4) is 0 Å². The highest BCUT2D eigenvalue weighted by atomic mass is 16.5. The smallest absolute Gasteiger partial charge is 0.0830 e. The maximum Gasteiger partial charge on any atom is 0.0830 e. The Kier molecular flexibility index (Phi) is 3.42. The van der Waals surface area contributed by atoms with Crippen LogP contribution in [0.5, 0.6) is 0 Å². The maximum atomic E-state index is 11.1. The van der Waals surface area contributed by atoms with Crippen LogP contribution in [0.25, 0.3) is 0 Å². The van der Waals surface area contributed by atoms with Crippen LogP contribution in [-0.4, -0.2) is 48.0 Å². The van der Waals surface area contributed by atoms with Crippen LogP contribution in [0.15, 0.2) is 0 Å². The van der Waals surface area contributed by atoms with E-state index in [2.05, 4.69) is 4.90 Å². The summed E-state index contributed by atoms with van der Waals surface area (Å²) in [5.41, 5.74) is -0.381. The Balaban J connectivity index is 1.76. The maximum absolute atomic E-state index is 11.1. The zero-order chi connectivity index (χ0) is 11.7. The second kappa shape index (κ2) is 4.87. The first kappa shape index (κ1) is 11.9. The van der Waals surface area contributed by atoms with Crippen LogP contribution in [0.3, 0.4) is 0 Å². The third-order valence-corrected chi connectivity index (χ3v) is 5.18. The zero-order valence-electron chi connectivity index (χ0n) is 10.7. The fraction of sp³-hybridized carbons (Fsp3) is 1.00. The summed E-state index contributed by atoms with van der Waals surface area (Å²) in [6.45, 7) is 3.72. The molecule has 0 unspecified atom stereocenters. The second-order valence-corrected chi connectivity index (χ2v) is 6.03. The Morgan fingerprint density at radius 2 is 1.76 bits per heavy atom. The highest BCUT2D eigenvalue weighted by molar-refractivity contribution is 5.03. The van der Waals surface area contributed by atoms with Gasteiger partial charge < -0.3 is 9.84 Å². The summed E-state index contributed by atoms with van der Waals surface area (Å²) in [7, 11) is 0. The molecule has 1 aliphatic heterocycles. The van der Waals surface area contributed by atoms with Crippen LogP contribution >= 0.6 is 0 Å². The normalized spacial score (nSPS) is 44.3. The molecule has 3 atom stereocenters. The molecule has 0 amide bonds. The number of rotatable bonds is 1. The Hall–Kier alpha value is -0.120. The molecule has 2 aliphatic carbocycles. The number of morpholine rings is 1. The summed E-state index contributed by atoms with van der Waals surface area (Å²) in [6, 6.07) is 0.408. The molecule has 3 nitrogen and oxygen atoms in total. The highest BCUT2D eigenvalue weighted by Gasteiger charge is 2.49. The average Bonchev–Trinajstić information content (AvgIpc) is 2.38. The minimum atomic E-state index is -0.381. The van der Waals surface area contributed by atoms with E-state index in [1.165, 1.54) is 38.5 Å². The van der Waals surface area contributed by atoms with E-state index in [9.17, 15) is 5.11 Å². The number of aliphatic hydroxyl groups is 1. The van der Waals surface area contributed by atoms with Gasteiger partial charge in [-0.25, -0.2) is 0 Å². The summed E-state index contributed by atoms with van der Waals surface area (Å²) in [5, 5.41) is 11.1. The summed E-state index contributed by atoms with van der Waals surface area (Å²) in [6.07, 6.45) is 8.55. The fourth-order valence-electron chi connectivity index (χ4n) is 4.28. The molecular formula is C14H25NO2. The van der Waals surface area contributed by atoms with E-state index < -0.39 is 0 Å². The van der Waals surface area contributed by atoms with Crippen molar-refractivity contribution in [2.45, 2.75) is 56.6 Å². The van der Waals surface area contributed by atoms with E-state index in [0.29, 0.717) is 12.0 Å². The van der Waals surface area contributed by atoms with Crippen molar-refractivity contribution in [2.24, 2.45) is 5.92 Å². The number of hydrogen-bond donors (Lipinski definition) is 1. The fourth-order valence-corrected chi connectivity index (χ4v) is 4.28. The third-order valence-electron chi connectivity index (χ3n) is 5.18. The predicted molar refractivity (Wildman–Crippen MR) is 66.9 cm³/mol. The first-order valence-electron chi connectivity index (χ1n) is 7.35. The largest absolute Gasteiger partial charge is 0.388 e. The molecule has 2 saturated carbocycles. The Morgan fingerprint density at radius 3 is 2.59 bits per heavy atom. The molecule has 3 aliphatic rings. The zero-order valence-corrected chi connectivity index (χ0v) is 10.7. The first-order valence-corrected chi connectivity index (χ1v) is 7.35. The lowest BCUT2D eigenvalue weighted by Crippen LogP contribution is -2.61. The van der Waals surface area contributed by atoms with Crippen molar-refractivity contribution in [1.29, 1.82) is 0 Å². The molecule has 1 N–H and O–H groups in total. The van der Waals surface area contributed by atoms with Gasteiger partial charge in [-0.2, -0.15) is 0 Å². The Bertz CT molecular complexity index is 263. The average molecular weight is 239 g/mol. The molecule has 98 valence electrons. The molecule has 17 heavy (non-hydrogen) atoms. The van der Waals surface area contributed by atoms with Crippen molar-refractivity contribution in [3.05, 3.63) is 0 Å². The van der Waals surface area contributed by atoms with E-state index in [4.69, 9.17) is 4.74 Å². The summed E-state index contributed by atoms with van der Waals surface area (Å²) in [5.74, 6) is 0.567. The van der Waals surface area contributed by atoms with Gasteiger partial charge in [-0.3, -0.25) is 4.90 Å². The molecule has 3 heteroatoms. The highest BCUT2D eigenvalue weighted by Crippen LogP contribution is 2.45. The van der Waals surface area contributed by atoms with Gasteiger partial charge in [0.25, 0.3) is 0 Å². The molecule has 3 fully saturated rings. The van der Waals surface area contributed by atoms with E-state index in [1.54, 1.807) is 0 Å². The lowest BCUT2D eigenvalue weighted by Gasteiger charge is -2.53. The number of hydrogen-bond acceptors (Lipinski definition) is 3. The topological polar surface area (TPSA) is 32.7 Å². The molecule has 0 bridgehead atoms. The first-order chi connectivity index (χ1) is 8.31. The molecule has 1 heterocycles. The second-order valence-electron chi connectivity index (χ2n) is 6.03. The molecule has 1 saturated heterocycles. The molecular weight excluding hydrogens is 214 g/mol. The predicted octanol–water partition coefficient (Wildman–Crippen LogP) is 1.79. The van der Waals surface area contributed by atoms with Crippen molar-refractivity contribution in [3.63, 3.8) is 0 Å². The minimum absolute atomic E-state index is 0.381. The van der Waals surface area contributed by atoms with Gasteiger partial charge in [0.05, 0.1) is 18.8 Å². The lowest BCUT2D eigenvalue weighted by molar-refractivity contribution is -0.145. The van der Waals surface area contributed by atoms with Gasteiger partial charge in [0, 0.05) is 19.1 Å². The molecule has 0 spiro atoms. The van der Waals surface area contributed by atoms with Gasteiger partial charge >= 0.3 is 0 Å². The number of nitrogens with zero attached hydrogens (tertiary/aromatic N) is 1. The standard InChI is InChI=1S/C14H25NO2/c16-14-7-2-1-4-12(14)5-3-6-13(14)15-8-10-17-11-9-15/h12-13,16H,1-11H2/t12-,13-,14+/m1/s1. The molecule has 0 radical (unpaired) electrons. The van der Waals surface area contributed by atoms with Crippen LogP contribution in [0.2, 0.25) is 0 Å². The van der Waals surface area contributed by atoms with Crippen molar-refractivity contribution < 1.29 is 9.84 Å². The Labute approximate surface area is 104 Å². The van der Waals surface area contributed by atoms with Gasteiger partial charge in [-0.15, -0.1) is 0 Å². The molecule has 3 rings (SSSR count). The monoisotopic (exact) mass is 239 g/mol. The van der Waals surface area contributed by atoms with Gasteiger partial charge in [-0.05, 0) is 31.6 Å². The summed E-state index contributed by atoms with van der Waals surface area (Å²) in [4.78, 5) is 2.50. The van der Waals surface area contributed by atoms with Gasteiger partial charge in [0.1, 0.15) is 0 Å². The summed E-state index contributed by atoms with van der Waals surface area (Å²) >= 11 is 0. The lowest BCUT2D eigenvalue weighted by atomic mass is 9.64. The summed E-state index contributed by atoms with van der Waals surface area (Å²) < 4.78 is 5.44. The third kappa shape index (κ3) is 2.13. The van der Waals surface area contributed by atoms with Gasteiger partial charge in [0.2, 0.25) is 0 Å². The van der Waals surface area contributed by atoms with E-state index in [0.717, 1.165) is 32.7 Å². The van der Waals surface area contributed by atoms with Crippen molar-refractivity contribution in [1.82, 2.24) is 4.90 Å². The Morgan fingerprint density at radius 1 is 1.00 bits per heavy atom. The number of ether oxygens (including phenoxy) is 1. The van der Waals surface area contributed by atoms with Crippen LogP contribution in [0.1, 0.15) is 44.9 Å².